The Labute approximate surface area is 120 Å². The van der Waals surface area contributed by atoms with Crippen LogP contribution in [-0.2, 0) is 0 Å². The summed E-state index contributed by atoms with van der Waals surface area (Å²) in [6.07, 6.45) is 3.68. The maximum Gasteiger partial charge on any atom is 0.231 e. The topological polar surface area (TPSA) is 63.8 Å². The van der Waals surface area contributed by atoms with E-state index >= 15 is 0 Å². The van der Waals surface area contributed by atoms with Gasteiger partial charge in [-0.25, -0.2) is 4.98 Å². The van der Waals surface area contributed by atoms with Crippen molar-refractivity contribution >= 4 is 23.2 Å². The third-order valence-electron chi connectivity index (χ3n) is 3.11. The van der Waals surface area contributed by atoms with Gasteiger partial charge in [0, 0.05) is 12.7 Å². The fraction of sp³-hybridized carbons (Fsp3) is 0.417. The van der Waals surface area contributed by atoms with Crippen molar-refractivity contribution in [3.05, 3.63) is 28.2 Å². The van der Waals surface area contributed by atoms with E-state index < -0.39 is 0 Å². The highest BCUT2D eigenvalue weighted by atomic mass is 35.5. The van der Waals surface area contributed by atoms with Crippen LogP contribution < -0.4 is 5.32 Å². The number of pyridine rings is 1. The lowest BCUT2D eigenvalue weighted by Crippen LogP contribution is -2.28. The van der Waals surface area contributed by atoms with Crippen molar-refractivity contribution in [1.29, 1.82) is 0 Å². The van der Waals surface area contributed by atoms with E-state index in [1.54, 1.807) is 6.07 Å². The van der Waals surface area contributed by atoms with Crippen LogP contribution in [0.3, 0.4) is 0 Å². The van der Waals surface area contributed by atoms with Gasteiger partial charge in [-0.05, 0) is 25.5 Å². The van der Waals surface area contributed by atoms with Gasteiger partial charge >= 0.3 is 0 Å². The third-order valence-corrected chi connectivity index (χ3v) is 3.60. The number of rotatable bonds is 2. The second-order valence-electron chi connectivity index (χ2n) is 4.48. The first-order valence-electron chi connectivity index (χ1n) is 6.10. The number of hydrogen-bond donors (Lipinski definition) is 1. The van der Waals surface area contributed by atoms with Gasteiger partial charge in [-0.1, -0.05) is 28.4 Å². The fourth-order valence-corrected chi connectivity index (χ4v) is 2.60. The van der Waals surface area contributed by atoms with Crippen LogP contribution in [0.25, 0.3) is 11.5 Å². The zero-order valence-corrected chi connectivity index (χ0v) is 11.6. The van der Waals surface area contributed by atoms with E-state index in [1.807, 2.05) is 0 Å². The van der Waals surface area contributed by atoms with Gasteiger partial charge in [0.05, 0.1) is 16.0 Å². The Morgan fingerprint density at radius 2 is 2.26 bits per heavy atom. The summed E-state index contributed by atoms with van der Waals surface area (Å²) in [5, 5.41) is 8.16. The maximum absolute atomic E-state index is 6.08. The number of nitrogens with zero attached hydrogens (tertiary/aromatic N) is 3. The van der Waals surface area contributed by atoms with Gasteiger partial charge in [-0.2, -0.15) is 4.98 Å². The number of halogens is 2. The molecule has 0 spiro atoms. The Morgan fingerprint density at radius 3 is 3.00 bits per heavy atom. The first kappa shape index (κ1) is 12.8. The summed E-state index contributed by atoms with van der Waals surface area (Å²) in [5.41, 5.74) is 0.491. The normalized spacial score (nSPS) is 19.6. The minimum absolute atomic E-state index is 0.265. The largest absolute Gasteiger partial charge is 0.339 e. The van der Waals surface area contributed by atoms with E-state index in [0.717, 1.165) is 25.9 Å². The molecule has 1 fully saturated rings. The molecule has 19 heavy (non-hydrogen) atoms. The van der Waals surface area contributed by atoms with E-state index in [2.05, 4.69) is 20.4 Å². The molecule has 0 aromatic carbocycles. The number of aromatic nitrogens is 3. The average Bonchev–Trinajstić information content (AvgIpc) is 2.89. The highest BCUT2D eigenvalue weighted by Crippen LogP contribution is 2.28. The van der Waals surface area contributed by atoms with E-state index in [-0.39, 0.29) is 5.92 Å². The molecule has 1 aliphatic heterocycles. The Kier molecular flexibility index (Phi) is 3.68. The van der Waals surface area contributed by atoms with Crippen molar-refractivity contribution < 1.29 is 4.52 Å². The quantitative estimate of drug-likeness (QED) is 0.923. The van der Waals surface area contributed by atoms with Crippen molar-refractivity contribution in [2.24, 2.45) is 0 Å². The van der Waals surface area contributed by atoms with E-state index in [4.69, 9.17) is 27.7 Å². The molecule has 3 heterocycles. The molecule has 1 aliphatic rings. The average molecular weight is 299 g/mol. The lowest BCUT2D eigenvalue weighted by atomic mass is 10.00. The van der Waals surface area contributed by atoms with E-state index in [1.165, 1.54) is 6.20 Å². The summed E-state index contributed by atoms with van der Waals surface area (Å²) in [5.74, 6) is 1.30. The van der Waals surface area contributed by atoms with Gasteiger partial charge in [-0.3, -0.25) is 0 Å². The first-order valence-corrected chi connectivity index (χ1v) is 6.85. The Balaban J connectivity index is 1.87. The summed E-state index contributed by atoms with van der Waals surface area (Å²) in [6.45, 7) is 1.91. The minimum Gasteiger partial charge on any atom is -0.339 e. The molecule has 0 bridgehead atoms. The lowest BCUT2D eigenvalue weighted by Gasteiger charge is -2.18. The van der Waals surface area contributed by atoms with Gasteiger partial charge in [0.25, 0.3) is 0 Å². The first-order chi connectivity index (χ1) is 9.24. The second-order valence-corrected chi connectivity index (χ2v) is 5.33. The van der Waals surface area contributed by atoms with Crippen LogP contribution in [0.5, 0.6) is 0 Å². The lowest BCUT2D eigenvalue weighted by molar-refractivity contribution is 0.322. The van der Waals surface area contributed by atoms with Crippen molar-refractivity contribution in [3.8, 4) is 11.5 Å². The molecule has 5 nitrogen and oxygen atoms in total. The number of nitrogens with one attached hydrogen (secondary N) is 1. The molecular formula is C12H12Cl2N4O. The van der Waals surface area contributed by atoms with E-state index in [0.29, 0.717) is 27.5 Å². The van der Waals surface area contributed by atoms with Gasteiger partial charge in [0.15, 0.2) is 0 Å². The Morgan fingerprint density at radius 1 is 1.37 bits per heavy atom. The van der Waals surface area contributed by atoms with Crippen molar-refractivity contribution in [1.82, 2.24) is 20.4 Å². The maximum atomic E-state index is 6.08. The molecule has 0 radical (unpaired) electrons. The summed E-state index contributed by atoms with van der Waals surface area (Å²) in [6, 6.07) is 1.61. The van der Waals surface area contributed by atoms with Gasteiger partial charge < -0.3 is 9.84 Å². The molecule has 0 unspecified atom stereocenters. The molecule has 1 N–H and O–H groups in total. The highest BCUT2D eigenvalue weighted by molar-refractivity contribution is 6.35. The van der Waals surface area contributed by atoms with Crippen molar-refractivity contribution in [2.75, 3.05) is 13.1 Å². The molecule has 0 saturated carbocycles. The molecule has 0 aliphatic carbocycles. The molecule has 3 rings (SSSR count). The minimum atomic E-state index is 0.265. The van der Waals surface area contributed by atoms with E-state index in [9.17, 15) is 0 Å². The monoisotopic (exact) mass is 298 g/mol. The highest BCUT2D eigenvalue weighted by Gasteiger charge is 2.22. The Bertz CT molecular complexity index is 581. The van der Waals surface area contributed by atoms with Gasteiger partial charge in [0.1, 0.15) is 5.69 Å². The van der Waals surface area contributed by atoms with Crippen molar-refractivity contribution in [3.63, 3.8) is 0 Å². The summed E-state index contributed by atoms with van der Waals surface area (Å²) in [7, 11) is 0. The molecule has 7 heteroatoms. The fourth-order valence-electron chi connectivity index (χ4n) is 2.14. The molecule has 100 valence electrons. The zero-order chi connectivity index (χ0) is 13.2. The summed E-state index contributed by atoms with van der Waals surface area (Å²) in [4.78, 5) is 8.53. The second kappa shape index (κ2) is 5.45. The predicted octanol–water partition coefficient (Wildman–Crippen LogP) is 2.91. The summed E-state index contributed by atoms with van der Waals surface area (Å²) < 4.78 is 5.31. The van der Waals surface area contributed by atoms with Crippen LogP contribution in [0.15, 0.2) is 16.8 Å². The third kappa shape index (κ3) is 2.73. The number of hydrogen-bond acceptors (Lipinski definition) is 5. The smallest absolute Gasteiger partial charge is 0.231 e. The van der Waals surface area contributed by atoms with Crippen LogP contribution >= 0.6 is 23.2 Å². The van der Waals surface area contributed by atoms with Crippen LogP contribution in [0, 0.1) is 0 Å². The number of piperidine rings is 1. The molecule has 2 aromatic rings. The predicted molar refractivity (Wildman–Crippen MR) is 72.4 cm³/mol. The van der Waals surface area contributed by atoms with Crippen LogP contribution in [0.4, 0.5) is 0 Å². The molecule has 0 amide bonds. The van der Waals surface area contributed by atoms with Crippen LogP contribution in [0.1, 0.15) is 24.7 Å². The van der Waals surface area contributed by atoms with Crippen LogP contribution in [0.2, 0.25) is 10.0 Å². The van der Waals surface area contributed by atoms with Crippen LogP contribution in [-0.4, -0.2) is 28.2 Å². The SMILES string of the molecule is Clc1cnc(-c2noc([C@H]3CCCNC3)n2)c(Cl)c1. The Hall–Kier alpha value is -1.17. The van der Waals surface area contributed by atoms with Gasteiger partial charge in [0.2, 0.25) is 11.7 Å². The molecular weight excluding hydrogens is 287 g/mol. The molecule has 1 atom stereocenters. The standard InChI is InChI=1S/C12H12Cl2N4O/c13-8-4-9(14)10(16-6-8)11-17-12(19-18-11)7-2-1-3-15-5-7/h4,6-7,15H,1-3,5H2/t7-/m0/s1. The van der Waals surface area contributed by atoms with Crippen molar-refractivity contribution in [2.45, 2.75) is 18.8 Å². The molecule has 1 saturated heterocycles. The summed E-state index contributed by atoms with van der Waals surface area (Å²) >= 11 is 11.9. The molecule has 2 aromatic heterocycles. The zero-order valence-electron chi connectivity index (χ0n) is 10.1. The van der Waals surface area contributed by atoms with Gasteiger partial charge in [-0.15, -0.1) is 0 Å².